The molecule has 0 aromatic heterocycles. The number of rotatable bonds is 4. The number of aliphatic hydroxyl groups excluding tert-OH is 1. The Morgan fingerprint density at radius 2 is 1.70 bits per heavy atom. The Kier molecular flexibility index (Phi) is 6.69. The number of piperidine rings is 1. The van der Waals surface area contributed by atoms with E-state index in [0.717, 1.165) is 12.8 Å². The lowest BCUT2D eigenvalue weighted by atomic mass is 9.91. The number of amides is 1. The number of nitrogens with zero attached hydrogens (tertiary/aromatic N) is 1. The van der Waals surface area contributed by atoms with Crippen molar-refractivity contribution in [3.8, 4) is 0 Å². The lowest BCUT2D eigenvalue weighted by Gasteiger charge is -2.32. The second kappa shape index (κ2) is 8.66. The molecule has 1 aromatic carbocycles. The van der Waals surface area contributed by atoms with E-state index in [-0.39, 0.29) is 47.0 Å². The molecular weight excluding hydrogens is 411 g/mol. The highest BCUT2D eigenvalue weighted by molar-refractivity contribution is 7.89. The average molecular weight is 435 g/mol. The Bertz CT molecular complexity index is 787. The maximum atomic E-state index is 12.8. The summed E-state index contributed by atoms with van der Waals surface area (Å²) in [6.45, 7) is 0.541. The average Bonchev–Trinajstić information content (AvgIpc) is 2.65. The van der Waals surface area contributed by atoms with E-state index < -0.39 is 10.0 Å². The van der Waals surface area contributed by atoms with Gasteiger partial charge in [-0.15, -0.1) is 0 Å². The van der Waals surface area contributed by atoms with Crippen molar-refractivity contribution in [1.82, 2.24) is 9.62 Å². The molecule has 27 heavy (non-hydrogen) atoms. The van der Waals surface area contributed by atoms with Crippen LogP contribution in [-0.4, -0.2) is 49.0 Å². The van der Waals surface area contributed by atoms with Gasteiger partial charge in [-0.25, -0.2) is 8.42 Å². The van der Waals surface area contributed by atoms with Crippen LogP contribution in [0.1, 0.15) is 38.5 Å². The van der Waals surface area contributed by atoms with E-state index in [9.17, 15) is 18.3 Å². The Labute approximate surface area is 169 Å². The lowest BCUT2D eigenvalue weighted by Crippen LogP contribution is -2.46. The summed E-state index contributed by atoms with van der Waals surface area (Å²) in [6.07, 6.45) is 3.67. The monoisotopic (exact) mass is 434 g/mol. The number of hydrogen-bond acceptors (Lipinski definition) is 4. The number of nitrogens with one attached hydrogen (secondary N) is 1. The zero-order valence-corrected chi connectivity index (χ0v) is 17.2. The van der Waals surface area contributed by atoms with Crippen molar-refractivity contribution < 1.29 is 18.3 Å². The van der Waals surface area contributed by atoms with Crippen LogP contribution in [-0.2, 0) is 14.8 Å². The smallest absolute Gasteiger partial charge is 0.244 e. The second-order valence-corrected chi connectivity index (χ2v) is 10.0. The highest BCUT2D eigenvalue weighted by atomic mass is 35.5. The standard InChI is InChI=1S/C18H24Cl2N2O4S/c19-13-1-6-16(20)17(11-13)27(25,26)22-9-7-12(8-10-22)18(24)21-14-2-4-15(23)5-3-14/h1,6,11-12,14-15,23H,2-5,7-10H2,(H,21,24). The fourth-order valence-electron chi connectivity index (χ4n) is 3.71. The Balaban J connectivity index is 1.58. The summed E-state index contributed by atoms with van der Waals surface area (Å²) in [4.78, 5) is 12.5. The van der Waals surface area contributed by atoms with E-state index in [4.69, 9.17) is 23.2 Å². The SMILES string of the molecule is O=C(NC1CCC(O)CC1)C1CCN(S(=O)(=O)c2cc(Cl)ccc2Cl)CC1. The van der Waals surface area contributed by atoms with Gasteiger partial charge in [0.15, 0.2) is 0 Å². The minimum absolute atomic E-state index is 0.000307. The van der Waals surface area contributed by atoms with Gasteiger partial charge in [0, 0.05) is 30.1 Å². The number of hydrogen-bond donors (Lipinski definition) is 2. The van der Waals surface area contributed by atoms with Gasteiger partial charge in [-0.3, -0.25) is 4.79 Å². The molecule has 6 nitrogen and oxygen atoms in total. The van der Waals surface area contributed by atoms with Crippen LogP contribution in [0.25, 0.3) is 0 Å². The fraction of sp³-hybridized carbons (Fsp3) is 0.611. The molecule has 0 unspecified atom stereocenters. The van der Waals surface area contributed by atoms with Crippen molar-refractivity contribution in [1.29, 1.82) is 0 Å². The summed E-state index contributed by atoms with van der Waals surface area (Å²) in [6, 6.07) is 4.48. The largest absolute Gasteiger partial charge is 0.393 e. The molecule has 1 saturated carbocycles. The number of carbonyl (C=O) groups excluding carboxylic acids is 1. The molecule has 0 bridgehead atoms. The van der Waals surface area contributed by atoms with Gasteiger partial charge < -0.3 is 10.4 Å². The molecule has 9 heteroatoms. The second-order valence-electron chi connectivity index (χ2n) is 7.27. The third-order valence-corrected chi connectivity index (χ3v) is 7.99. The van der Waals surface area contributed by atoms with Crippen LogP contribution >= 0.6 is 23.2 Å². The molecule has 150 valence electrons. The topological polar surface area (TPSA) is 86.7 Å². The Hall–Kier alpha value is -0.860. The van der Waals surface area contributed by atoms with E-state index in [1.807, 2.05) is 0 Å². The predicted octanol–water partition coefficient (Wildman–Crippen LogP) is 2.81. The van der Waals surface area contributed by atoms with Crippen molar-refractivity contribution in [2.24, 2.45) is 5.92 Å². The minimum atomic E-state index is -3.74. The van der Waals surface area contributed by atoms with Gasteiger partial charge in [0.25, 0.3) is 0 Å². The van der Waals surface area contributed by atoms with Crippen LogP contribution in [0.2, 0.25) is 10.0 Å². The van der Waals surface area contributed by atoms with Gasteiger partial charge in [0.05, 0.1) is 11.1 Å². The van der Waals surface area contributed by atoms with Crippen LogP contribution in [0.4, 0.5) is 0 Å². The maximum absolute atomic E-state index is 12.8. The van der Waals surface area contributed by atoms with Gasteiger partial charge in [-0.1, -0.05) is 23.2 Å². The Morgan fingerprint density at radius 3 is 2.33 bits per heavy atom. The predicted molar refractivity (Wildman–Crippen MR) is 104 cm³/mol. The summed E-state index contributed by atoms with van der Waals surface area (Å²) >= 11 is 12.0. The third kappa shape index (κ3) is 4.95. The summed E-state index contributed by atoms with van der Waals surface area (Å²) in [5.74, 6) is -0.215. The molecule has 0 atom stereocenters. The molecule has 1 saturated heterocycles. The summed E-state index contributed by atoms with van der Waals surface area (Å²) < 4.78 is 27.1. The Morgan fingerprint density at radius 1 is 1.07 bits per heavy atom. The van der Waals surface area contributed by atoms with Crippen molar-refractivity contribution >= 4 is 39.1 Å². The number of aliphatic hydroxyl groups is 1. The minimum Gasteiger partial charge on any atom is -0.393 e. The van der Waals surface area contributed by atoms with E-state index in [1.54, 1.807) is 6.07 Å². The van der Waals surface area contributed by atoms with Crippen molar-refractivity contribution in [2.45, 2.75) is 55.6 Å². The highest BCUT2D eigenvalue weighted by Crippen LogP contribution is 2.30. The molecule has 2 aliphatic rings. The van der Waals surface area contributed by atoms with E-state index >= 15 is 0 Å². The molecule has 3 rings (SSSR count). The van der Waals surface area contributed by atoms with Gasteiger partial charge >= 0.3 is 0 Å². The first kappa shape index (κ1) is 20.9. The van der Waals surface area contributed by atoms with Crippen molar-refractivity contribution in [3.05, 3.63) is 28.2 Å². The third-order valence-electron chi connectivity index (χ3n) is 5.38. The van der Waals surface area contributed by atoms with E-state index in [1.165, 1.54) is 16.4 Å². The molecule has 1 amide bonds. The number of sulfonamides is 1. The molecule has 1 heterocycles. The molecule has 2 fully saturated rings. The molecule has 0 radical (unpaired) electrons. The molecule has 1 aromatic rings. The molecule has 0 spiro atoms. The van der Waals surface area contributed by atoms with Gasteiger partial charge in [0.2, 0.25) is 15.9 Å². The van der Waals surface area contributed by atoms with Crippen LogP contribution in [0.3, 0.4) is 0 Å². The van der Waals surface area contributed by atoms with Crippen LogP contribution in [0.15, 0.2) is 23.1 Å². The number of halogens is 2. The summed E-state index contributed by atoms with van der Waals surface area (Å²) in [5, 5.41) is 13.1. The van der Waals surface area contributed by atoms with Gasteiger partial charge in [0.1, 0.15) is 4.90 Å². The summed E-state index contributed by atoms with van der Waals surface area (Å²) in [7, 11) is -3.74. The molecular formula is C18H24Cl2N2O4S. The van der Waals surface area contributed by atoms with Crippen molar-refractivity contribution in [2.75, 3.05) is 13.1 Å². The fourth-order valence-corrected chi connectivity index (χ4v) is 5.92. The molecule has 1 aliphatic carbocycles. The first-order chi connectivity index (χ1) is 12.8. The lowest BCUT2D eigenvalue weighted by molar-refractivity contribution is -0.127. The van der Waals surface area contributed by atoms with Crippen LogP contribution < -0.4 is 5.32 Å². The van der Waals surface area contributed by atoms with Crippen molar-refractivity contribution in [3.63, 3.8) is 0 Å². The van der Waals surface area contributed by atoms with Crippen LogP contribution in [0.5, 0.6) is 0 Å². The normalized spacial score (nSPS) is 25.3. The first-order valence-electron chi connectivity index (χ1n) is 9.21. The zero-order valence-electron chi connectivity index (χ0n) is 14.9. The number of benzene rings is 1. The van der Waals surface area contributed by atoms with E-state index in [2.05, 4.69) is 5.32 Å². The first-order valence-corrected chi connectivity index (χ1v) is 11.4. The highest BCUT2D eigenvalue weighted by Gasteiger charge is 2.34. The zero-order chi connectivity index (χ0) is 19.6. The quantitative estimate of drug-likeness (QED) is 0.762. The van der Waals surface area contributed by atoms with Gasteiger partial charge in [-0.05, 0) is 56.7 Å². The van der Waals surface area contributed by atoms with Crippen LogP contribution in [0, 0.1) is 5.92 Å². The molecule has 1 aliphatic heterocycles. The maximum Gasteiger partial charge on any atom is 0.244 e. The summed E-state index contributed by atoms with van der Waals surface area (Å²) in [5.41, 5.74) is 0. The van der Waals surface area contributed by atoms with E-state index in [0.29, 0.717) is 30.7 Å². The molecule has 2 N–H and O–H groups in total. The van der Waals surface area contributed by atoms with Gasteiger partial charge in [-0.2, -0.15) is 4.31 Å². The number of carbonyl (C=O) groups is 1.